The molecule has 0 radical (unpaired) electrons. The van der Waals surface area contributed by atoms with Gasteiger partial charge in [0.05, 0.1) is 11.4 Å². The van der Waals surface area contributed by atoms with Gasteiger partial charge < -0.3 is 20.3 Å². The van der Waals surface area contributed by atoms with Crippen LogP contribution in [0.2, 0.25) is 0 Å². The van der Waals surface area contributed by atoms with E-state index in [4.69, 9.17) is 10.7 Å². The highest BCUT2D eigenvalue weighted by Gasteiger charge is 2.43. The Labute approximate surface area is 210 Å². The van der Waals surface area contributed by atoms with Crippen LogP contribution in [-0.2, 0) is 16.5 Å². The van der Waals surface area contributed by atoms with Gasteiger partial charge in [-0.3, -0.25) is 9.79 Å². The minimum Gasteiger partial charge on any atom is -0.433 e. The van der Waals surface area contributed by atoms with Gasteiger partial charge in [0.1, 0.15) is 28.6 Å². The number of halogens is 3. The van der Waals surface area contributed by atoms with Gasteiger partial charge in [-0.1, -0.05) is 20.8 Å². The molecule has 0 fully saturated rings. The predicted molar refractivity (Wildman–Crippen MR) is 134 cm³/mol. The average molecular weight is 526 g/mol. The third-order valence-electron chi connectivity index (χ3n) is 5.88. The van der Waals surface area contributed by atoms with E-state index in [-0.39, 0.29) is 28.5 Å². The summed E-state index contributed by atoms with van der Waals surface area (Å²) in [5.74, 6) is -1.08. The van der Waals surface area contributed by atoms with Crippen molar-refractivity contribution >= 4 is 28.4 Å². The van der Waals surface area contributed by atoms with Crippen LogP contribution in [0.25, 0.3) is 0 Å². The molecule has 1 aromatic carbocycles. The van der Waals surface area contributed by atoms with E-state index in [1.807, 2.05) is 20.8 Å². The lowest BCUT2D eigenvalue weighted by Crippen LogP contribution is -2.41. The second-order valence-corrected chi connectivity index (χ2v) is 11.1. The first-order valence-corrected chi connectivity index (χ1v) is 12.4. The van der Waals surface area contributed by atoms with E-state index in [1.165, 1.54) is 31.2 Å². The Morgan fingerprint density at radius 1 is 1.31 bits per heavy atom. The number of carbonyl (C=O) groups excluding carboxylic acids is 1. The molecule has 3 rings (SSSR count). The summed E-state index contributed by atoms with van der Waals surface area (Å²) in [7, 11) is -1.36. The van der Waals surface area contributed by atoms with Crippen molar-refractivity contribution in [3.05, 3.63) is 53.1 Å². The summed E-state index contributed by atoms with van der Waals surface area (Å²) in [6.45, 7) is 6.27. The number of benzene rings is 1. The molecule has 36 heavy (non-hydrogen) atoms. The smallest absolute Gasteiger partial charge is 0.387 e. The Morgan fingerprint density at radius 3 is 2.56 bits per heavy atom. The van der Waals surface area contributed by atoms with Crippen LogP contribution in [-0.4, -0.2) is 39.7 Å². The van der Waals surface area contributed by atoms with Crippen LogP contribution in [0.5, 0.6) is 5.75 Å². The Hall–Kier alpha value is -2.99. The number of nitrogens with zero attached hydrogens (tertiary/aromatic N) is 3. The second kappa shape index (κ2) is 10.6. The molecule has 0 spiro atoms. The number of aryl methyl sites for hydroxylation is 1. The minimum absolute atomic E-state index is 0.00764. The number of amidine groups is 1. The van der Waals surface area contributed by atoms with Crippen molar-refractivity contribution in [1.29, 1.82) is 0 Å². The summed E-state index contributed by atoms with van der Waals surface area (Å²) in [5, 5.41) is 2.15. The largest absolute Gasteiger partial charge is 0.433 e. The Kier molecular flexibility index (Phi) is 8.09. The molecule has 1 aromatic heterocycles. The van der Waals surface area contributed by atoms with Crippen molar-refractivity contribution in [3.63, 3.8) is 0 Å². The molecular formula is C24H30F3N5O3S. The maximum absolute atomic E-state index is 15.2. The molecule has 12 heteroatoms. The Balaban J connectivity index is 1.99. The quantitative estimate of drug-likeness (QED) is 0.345. The highest BCUT2D eigenvalue weighted by Crippen LogP contribution is 2.40. The van der Waals surface area contributed by atoms with E-state index in [9.17, 15) is 18.1 Å². The first kappa shape index (κ1) is 27.6. The highest BCUT2D eigenvalue weighted by molar-refractivity contribution is 7.82. The number of alkyl halides is 2. The zero-order valence-electron chi connectivity index (χ0n) is 20.7. The van der Waals surface area contributed by atoms with Gasteiger partial charge in [-0.05, 0) is 50.1 Å². The van der Waals surface area contributed by atoms with Crippen LogP contribution < -0.4 is 15.8 Å². The van der Waals surface area contributed by atoms with E-state index in [0.29, 0.717) is 18.5 Å². The number of ether oxygens (including phenoxy) is 1. The maximum Gasteiger partial charge on any atom is 0.387 e. The molecule has 1 aliphatic heterocycles. The lowest BCUT2D eigenvalue weighted by molar-refractivity contribution is -0.0501. The number of amides is 1. The molecular weight excluding hydrogens is 495 g/mol. The molecule has 0 aliphatic carbocycles. The van der Waals surface area contributed by atoms with Crippen molar-refractivity contribution in [2.75, 3.05) is 11.9 Å². The first-order valence-electron chi connectivity index (χ1n) is 11.2. The number of aliphatic imine (C=N–C) groups is 1. The molecule has 3 atom stereocenters. The summed E-state index contributed by atoms with van der Waals surface area (Å²) < 4.78 is 59.2. The van der Waals surface area contributed by atoms with Crippen LogP contribution in [0.1, 0.15) is 55.7 Å². The van der Waals surface area contributed by atoms with E-state index in [2.05, 4.69) is 19.4 Å². The van der Waals surface area contributed by atoms with Crippen molar-refractivity contribution in [1.82, 2.24) is 4.98 Å². The molecule has 1 amide bonds. The van der Waals surface area contributed by atoms with Crippen LogP contribution >= 0.6 is 0 Å². The number of pyridine rings is 1. The van der Waals surface area contributed by atoms with Crippen LogP contribution in [0, 0.1) is 18.2 Å². The molecule has 0 saturated heterocycles. The summed E-state index contributed by atoms with van der Waals surface area (Å²) in [6, 6.07) is 5.31. The van der Waals surface area contributed by atoms with Crippen LogP contribution in [0.3, 0.4) is 0 Å². The van der Waals surface area contributed by atoms with Crippen molar-refractivity contribution in [2.24, 2.45) is 20.5 Å². The lowest BCUT2D eigenvalue weighted by atomic mass is 9.85. The molecule has 8 nitrogen and oxygen atoms in total. The van der Waals surface area contributed by atoms with Crippen molar-refractivity contribution in [3.8, 4) is 5.75 Å². The number of rotatable bonds is 7. The summed E-state index contributed by atoms with van der Waals surface area (Å²) in [6.07, 6.45) is 1.51. The third kappa shape index (κ3) is 6.04. The standard InChI is InChI=1S/C24H30F3N5O3S/c1-13-10-15(35-22(26)27)12-29-19(13)20(33)31-14-6-7-17(25)16(11-14)24(5,18-8-9-30-36(18)34)32-21(28)23(2,3)4/h6-7,10-12,18,22H,8-9H2,1-5H3,(H2,28,32)(H,30,34)(H,31,33)/t18-,24+,36?/m0/s1. The second-order valence-electron chi connectivity index (χ2n) is 9.68. The molecule has 0 saturated carbocycles. The van der Waals surface area contributed by atoms with E-state index < -0.39 is 45.5 Å². The van der Waals surface area contributed by atoms with Gasteiger partial charge >= 0.3 is 6.61 Å². The topological polar surface area (TPSA) is 122 Å². The van der Waals surface area contributed by atoms with Crippen LogP contribution in [0.15, 0.2) is 39.8 Å². The maximum atomic E-state index is 15.2. The number of nitrogens with two attached hydrogens (primary N) is 1. The lowest BCUT2D eigenvalue weighted by Gasteiger charge is -2.34. The number of anilines is 1. The highest BCUT2D eigenvalue weighted by atomic mass is 32.2. The monoisotopic (exact) mass is 525 g/mol. The van der Waals surface area contributed by atoms with Crippen molar-refractivity contribution < 1.29 is 27.3 Å². The van der Waals surface area contributed by atoms with Crippen LogP contribution in [0.4, 0.5) is 18.9 Å². The Bertz CT molecular complexity index is 1220. The molecule has 1 unspecified atom stereocenters. The molecule has 2 heterocycles. The normalized spacial score (nSPS) is 20.1. The van der Waals surface area contributed by atoms with Gasteiger partial charge in [-0.15, -0.1) is 0 Å². The number of carbonyl (C=O) groups is 1. The first-order chi connectivity index (χ1) is 16.7. The Morgan fingerprint density at radius 2 is 2.00 bits per heavy atom. The van der Waals surface area contributed by atoms with Gasteiger partial charge in [0.15, 0.2) is 0 Å². The number of hydrogen-bond acceptors (Lipinski definition) is 5. The van der Waals surface area contributed by atoms with Crippen molar-refractivity contribution in [2.45, 2.75) is 58.4 Å². The fourth-order valence-electron chi connectivity index (χ4n) is 3.80. The zero-order chi connectivity index (χ0) is 26.8. The molecule has 1 aliphatic rings. The predicted octanol–water partition coefficient (Wildman–Crippen LogP) is 5.05. The third-order valence-corrected chi connectivity index (χ3v) is 7.53. The number of nitrogens with one attached hydrogen (secondary N) is 1. The fourth-order valence-corrected chi connectivity index (χ4v) is 5.18. The van der Waals surface area contributed by atoms with Gasteiger partial charge in [-0.25, -0.2) is 13.7 Å². The SMILES string of the molecule is Cc1cc(OC(F)F)cnc1C(=O)Nc1ccc(F)c([C@@](C)(N=C(N)C(C)(C)C)[C@@H]2CCN=S2O)c1. The number of aromatic nitrogens is 1. The van der Waals surface area contributed by atoms with Gasteiger partial charge in [-0.2, -0.15) is 8.78 Å². The average Bonchev–Trinajstić information content (AvgIpc) is 3.20. The summed E-state index contributed by atoms with van der Waals surface area (Å²) in [4.78, 5) is 21.5. The zero-order valence-corrected chi connectivity index (χ0v) is 21.5. The van der Waals surface area contributed by atoms with Gasteiger partial charge in [0.25, 0.3) is 5.91 Å². The molecule has 0 bridgehead atoms. The van der Waals surface area contributed by atoms with E-state index in [1.54, 1.807) is 6.92 Å². The molecule has 4 N–H and O–H groups in total. The minimum atomic E-state index is -3.01. The van der Waals surface area contributed by atoms with E-state index in [0.717, 1.165) is 6.20 Å². The fraction of sp³-hybridized carbons (Fsp3) is 0.458. The summed E-state index contributed by atoms with van der Waals surface area (Å²) in [5.41, 5.74) is 5.22. The molecule has 196 valence electrons. The van der Waals surface area contributed by atoms with Gasteiger partial charge in [0.2, 0.25) is 0 Å². The van der Waals surface area contributed by atoms with Gasteiger partial charge in [0, 0.05) is 34.2 Å². The molecule has 2 aromatic rings. The number of hydrogen-bond donors (Lipinski definition) is 3. The summed E-state index contributed by atoms with van der Waals surface area (Å²) >= 11 is 0. The van der Waals surface area contributed by atoms with E-state index >= 15 is 4.39 Å².